The molecule has 0 saturated carbocycles. The molecule has 0 radical (unpaired) electrons. The van der Waals surface area contributed by atoms with Gasteiger partial charge in [0.25, 0.3) is 0 Å². The van der Waals surface area contributed by atoms with Crippen molar-refractivity contribution in [2.45, 2.75) is 23.7 Å². The first-order valence-electron chi connectivity index (χ1n) is 8.22. The zero-order chi connectivity index (χ0) is 18.7. The first-order valence-corrected chi connectivity index (χ1v) is 11.9. The molecule has 5 nitrogen and oxygen atoms in total. The third kappa shape index (κ3) is 4.63. The summed E-state index contributed by atoms with van der Waals surface area (Å²) >= 11 is 2.78. The van der Waals surface area contributed by atoms with Gasteiger partial charge in [0, 0.05) is 23.5 Å². The molecule has 2 heterocycles. The van der Waals surface area contributed by atoms with Crippen LogP contribution in [-0.4, -0.2) is 54.1 Å². The zero-order valence-electron chi connectivity index (χ0n) is 14.2. The van der Waals surface area contributed by atoms with Crippen molar-refractivity contribution >= 4 is 38.8 Å². The van der Waals surface area contributed by atoms with Gasteiger partial charge in [0.05, 0.1) is 23.0 Å². The van der Waals surface area contributed by atoms with E-state index in [0.29, 0.717) is 13.0 Å². The lowest BCUT2D eigenvalue weighted by molar-refractivity contribution is -0.129. The molecule has 1 unspecified atom stereocenters. The fourth-order valence-corrected chi connectivity index (χ4v) is 6.39. The van der Waals surface area contributed by atoms with Crippen molar-refractivity contribution < 1.29 is 17.6 Å². The zero-order valence-corrected chi connectivity index (χ0v) is 16.7. The molecule has 1 fully saturated rings. The van der Waals surface area contributed by atoms with Crippen LogP contribution in [0.2, 0.25) is 0 Å². The van der Waals surface area contributed by atoms with Gasteiger partial charge in [0.2, 0.25) is 5.91 Å². The van der Waals surface area contributed by atoms with Gasteiger partial charge >= 0.3 is 0 Å². The number of nitrogens with zero attached hydrogens (tertiary/aromatic N) is 2. The number of benzene rings is 1. The third-order valence-corrected chi connectivity index (χ3v) is 8.01. The maximum absolute atomic E-state index is 13.0. The quantitative estimate of drug-likeness (QED) is 0.680. The Kier molecular flexibility index (Phi) is 5.99. The maximum Gasteiger partial charge on any atom is 0.233 e. The number of aromatic nitrogens is 1. The molecule has 2 aromatic rings. The molecule has 26 heavy (non-hydrogen) atoms. The highest BCUT2D eigenvalue weighted by atomic mass is 32.2. The molecule has 140 valence electrons. The number of sulfone groups is 1. The van der Waals surface area contributed by atoms with E-state index in [0.717, 1.165) is 15.6 Å². The van der Waals surface area contributed by atoms with Gasteiger partial charge in [-0.2, -0.15) is 0 Å². The number of thioether (sulfide) groups is 1. The molecule has 0 aliphatic carbocycles. The summed E-state index contributed by atoms with van der Waals surface area (Å²) in [6, 6.07) is 5.90. The van der Waals surface area contributed by atoms with E-state index in [1.165, 1.54) is 35.2 Å². The van der Waals surface area contributed by atoms with Gasteiger partial charge < -0.3 is 4.90 Å². The molecule has 1 aromatic heterocycles. The molecule has 1 saturated heterocycles. The Morgan fingerprint density at radius 2 is 2.12 bits per heavy atom. The van der Waals surface area contributed by atoms with Crippen LogP contribution in [0.5, 0.6) is 0 Å². The minimum absolute atomic E-state index is 0.0587. The number of amides is 1. The van der Waals surface area contributed by atoms with E-state index in [9.17, 15) is 17.6 Å². The predicted octanol–water partition coefficient (Wildman–Crippen LogP) is 3.08. The van der Waals surface area contributed by atoms with Crippen LogP contribution in [0.15, 0.2) is 34.0 Å². The lowest BCUT2D eigenvalue weighted by Crippen LogP contribution is -2.41. The van der Waals surface area contributed by atoms with Gasteiger partial charge in [-0.25, -0.2) is 17.8 Å². The normalized spacial score (nSPS) is 18.8. The van der Waals surface area contributed by atoms with E-state index >= 15 is 0 Å². The van der Waals surface area contributed by atoms with Crippen LogP contribution in [-0.2, 0) is 14.6 Å². The fourth-order valence-electron chi connectivity index (χ4n) is 2.94. The summed E-state index contributed by atoms with van der Waals surface area (Å²) in [7, 11) is -3.02. The second-order valence-corrected chi connectivity index (χ2v) is 10.3. The SMILES string of the molecule is CCN(C(=O)CSc1nc(-c2ccc(F)cc2)cs1)C1CCS(=O)(=O)C1. The van der Waals surface area contributed by atoms with Crippen LogP contribution in [0.1, 0.15) is 13.3 Å². The van der Waals surface area contributed by atoms with Crippen molar-refractivity contribution in [1.29, 1.82) is 0 Å². The molecule has 1 aromatic carbocycles. The molecule has 9 heteroatoms. The second-order valence-electron chi connectivity index (χ2n) is 6.03. The van der Waals surface area contributed by atoms with Crippen LogP contribution < -0.4 is 0 Å². The molecule has 1 amide bonds. The predicted molar refractivity (Wildman–Crippen MR) is 103 cm³/mol. The third-order valence-electron chi connectivity index (χ3n) is 4.25. The molecule has 0 spiro atoms. The number of rotatable bonds is 6. The van der Waals surface area contributed by atoms with E-state index in [1.54, 1.807) is 17.0 Å². The van der Waals surface area contributed by atoms with E-state index in [1.807, 2.05) is 12.3 Å². The highest BCUT2D eigenvalue weighted by Crippen LogP contribution is 2.29. The summed E-state index contributed by atoms with van der Waals surface area (Å²) < 4.78 is 37.1. The Bertz CT molecular complexity index is 881. The summed E-state index contributed by atoms with van der Waals surface area (Å²) in [5.41, 5.74) is 1.58. The Labute approximate surface area is 160 Å². The Balaban J connectivity index is 1.60. The van der Waals surface area contributed by atoms with Gasteiger partial charge in [0.15, 0.2) is 14.2 Å². The number of carbonyl (C=O) groups excluding carboxylic acids is 1. The molecule has 1 atom stereocenters. The monoisotopic (exact) mass is 414 g/mol. The topological polar surface area (TPSA) is 67.3 Å². The van der Waals surface area contributed by atoms with Gasteiger partial charge in [0.1, 0.15) is 5.82 Å². The Morgan fingerprint density at radius 3 is 2.73 bits per heavy atom. The number of thiazole rings is 1. The molecule has 3 rings (SSSR count). The van der Waals surface area contributed by atoms with Crippen molar-refractivity contribution in [2.24, 2.45) is 0 Å². The first kappa shape index (κ1) is 19.3. The van der Waals surface area contributed by atoms with E-state index in [-0.39, 0.29) is 35.0 Å². The first-order chi connectivity index (χ1) is 12.4. The summed E-state index contributed by atoms with van der Waals surface area (Å²) in [6.45, 7) is 2.36. The average Bonchev–Trinajstić information content (AvgIpc) is 3.21. The van der Waals surface area contributed by atoms with E-state index in [4.69, 9.17) is 0 Å². The minimum Gasteiger partial charge on any atom is -0.338 e. The standard InChI is InChI=1S/C17H19FN2O3S3/c1-2-20(14-7-8-26(22,23)11-14)16(21)10-25-17-19-15(9-24-17)12-3-5-13(18)6-4-12/h3-6,9,14H,2,7-8,10-11H2,1H3. The highest BCUT2D eigenvalue weighted by molar-refractivity contribution is 8.01. The van der Waals surface area contributed by atoms with Crippen LogP contribution >= 0.6 is 23.1 Å². The average molecular weight is 415 g/mol. The highest BCUT2D eigenvalue weighted by Gasteiger charge is 2.33. The van der Waals surface area contributed by atoms with Gasteiger partial charge in [-0.15, -0.1) is 11.3 Å². The lowest BCUT2D eigenvalue weighted by Gasteiger charge is -2.26. The van der Waals surface area contributed by atoms with Crippen LogP contribution in [0.3, 0.4) is 0 Å². The van der Waals surface area contributed by atoms with E-state index < -0.39 is 9.84 Å². The van der Waals surface area contributed by atoms with Crippen molar-refractivity contribution in [3.8, 4) is 11.3 Å². The largest absolute Gasteiger partial charge is 0.338 e. The van der Waals surface area contributed by atoms with Gasteiger partial charge in [-0.05, 0) is 37.6 Å². The number of hydrogen-bond donors (Lipinski definition) is 0. The summed E-state index contributed by atoms with van der Waals surface area (Å²) in [5.74, 6) is 0.0717. The summed E-state index contributed by atoms with van der Waals surface area (Å²) in [4.78, 5) is 18.6. The van der Waals surface area contributed by atoms with Crippen molar-refractivity contribution in [3.63, 3.8) is 0 Å². The molecule has 0 N–H and O–H groups in total. The smallest absolute Gasteiger partial charge is 0.233 e. The number of carbonyl (C=O) groups is 1. The summed E-state index contributed by atoms with van der Waals surface area (Å²) in [6.07, 6.45) is 0.512. The Morgan fingerprint density at radius 1 is 1.38 bits per heavy atom. The minimum atomic E-state index is -3.02. The lowest BCUT2D eigenvalue weighted by atomic mass is 10.2. The molecule has 1 aliphatic rings. The van der Waals surface area contributed by atoms with E-state index in [2.05, 4.69) is 4.98 Å². The maximum atomic E-state index is 13.0. The number of hydrogen-bond acceptors (Lipinski definition) is 6. The Hall–Kier alpha value is -1.45. The molecule has 1 aliphatic heterocycles. The van der Waals surface area contributed by atoms with Crippen molar-refractivity contribution in [3.05, 3.63) is 35.5 Å². The van der Waals surface area contributed by atoms with Crippen LogP contribution in [0.25, 0.3) is 11.3 Å². The van der Waals surface area contributed by atoms with Crippen molar-refractivity contribution in [1.82, 2.24) is 9.88 Å². The summed E-state index contributed by atoms with van der Waals surface area (Å²) in [5, 5.41) is 1.88. The van der Waals surface area contributed by atoms with Gasteiger partial charge in [-0.1, -0.05) is 11.8 Å². The second kappa shape index (κ2) is 8.06. The number of halogens is 1. The molecule has 0 bridgehead atoms. The molecular formula is C17H19FN2O3S3. The van der Waals surface area contributed by atoms with Crippen LogP contribution in [0, 0.1) is 5.82 Å². The molecular weight excluding hydrogens is 395 g/mol. The fraction of sp³-hybridized carbons (Fsp3) is 0.412. The van der Waals surface area contributed by atoms with Crippen molar-refractivity contribution in [2.75, 3.05) is 23.8 Å². The van der Waals surface area contributed by atoms with Crippen LogP contribution in [0.4, 0.5) is 4.39 Å². The van der Waals surface area contributed by atoms with Gasteiger partial charge in [-0.3, -0.25) is 4.79 Å².